The summed E-state index contributed by atoms with van der Waals surface area (Å²) in [5.74, 6) is 0.180. The van der Waals surface area contributed by atoms with Gasteiger partial charge in [-0.3, -0.25) is 4.79 Å². The SMILES string of the molecule is CCN1C(=O)CC(N)C1c1ccc2c(c1)CCCN2C. The predicted octanol–water partition coefficient (Wildman–Crippen LogP) is 1.69. The van der Waals surface area contributed by atoms with Crippen molar-refractivity contribution in [2.75, 3.05) is 25.0 Å². The van der Waals surface area contributed by atoms with Crippen LogP contribution in [-0.2, 0) is 11.2 Å². The first kappa shape index (κ1) is 13.4. The molecule has 2 heterocycles. The van der Waals surface area contributed by atoms with Crippen LogP contribution in [0.2, 0.25) is 0 Å². The molecule has 2 unspecified atom stereocenters. The third-order valence-corrected chi connectivity index (χ3v) is 4.61. The molecule has 4 nitrogen and oxygen atoms in total. The van der Waals surface area contributed by atoms with Crippen molar-refractivity contribution >= 4 is 11.6 Å². The van der Waals surface area contributed by atoms with Crippen LogP contribution in [0.3, 0.4) is 0 Å². The summed E-state index contributed by atoms with van der Waals surface area (Å²) in [6, 6.07) is 6.56. The van der Waals surface area contributed by atoms with E-state index in [1.54, 1.807) is 0 Å². The normalized spacial score (nSPS) is 26.1. The molecule has 2 atom stereocenters. The van der Waals surface area contributed by atoms with E-state index in [0.29, 0.717) is 6.42 Å². The summed E-state index contributed by atoms with van der Waals surface area (Å²) in [6.07, 6.45) is 2.78. The van der Waals surface area contributed by atoms with Gasteiger partial charge in [0.15, 0.2) is 0 Å². The number of likely N-dealkylation sites (tertiary alicyclic amines) is 1. The lowest BCUT2D eigenvalue weighted by Crippen LogP contribution is -2.33. The number of nitrogens with two attached hydrogens (primary N) is 1. The number of anilines is 1. The molecule has 1 saturated heterocycles. The van der Waals surface area contributed by atoms with Crippen LogP contribution in [0.4, 0.5) is 5.69 Å². The first-order valence-corrected chi connectivity index (χ1v) is 7.51. The third-order valence-electron chi connectivity index (χ3n) is 4.61. The summed E-state index contributed by atoms with van der Waals surface area (Å²) in [4.78, 5) is 16.2. The highest BCUT2D eigenvalue weighted by Crippen LogP contribution is 2.35. The Bertz CT molecular complexity index is 528. The summed E-state index contributed by atoms with van der Waals surface area (Å²) in [7, 11) is 2.14. The predicted molar refractivity (Wildman–Crippen MR) is 80.8 cm³/mol. The number of amides is 1. The summed E-state index contributed by atoms with van der Waals surface area (Å²) in [5, 5.41) is 0. The molecule has 1 aromatic rings. The number of hydrogen-bond donors (Lipinski definition) is 1. The molecule has 1 fully saturated rings. The minimum absolute atomic E-state index is 0.0463. The van der Waals surface area contributed by atoms with Gasteiger partial charge in [-0.1, -0.05) is 12.1 Å². The van der Waals surface area contributed by atoms with E-state index < -0.39 is 0 Å². The van der Waals surface area contributed by atoms with Crippen LogP contribution in [0, 0.1) is 0 Å². The van der Waals surface area contributed by atoms with Crippen molar-refractivity contribution in [3.63, 3.8) is 0 Å². The van der Waals surface area contributed by atoms with Gasteiger partial charge in [0.25, 0.3) is 0 Å². The number of fused-ring (bicyclic) bond motifs is 1. The van der Waals surface area contributed by atoms with Crippen LogP contribution in [0.1, 0.15) is 36.9 Å². The first-order chi connectivity index (χ1) is 9.61. The molecule has 2 N–H and O–H groups in total. The van der Waals surface area contributed by atoms with E-state index in [-0.39, 0.29) is 18.0 Å². The van der Waals surface area contributed by atoms with Gasteiger partial charge in [0.1, 0.15) is 0 Å². The zero-order valence-electron chi connectivity index (χ0n) is 12.3. The van der Waals surface area contributed by atoms with Crippen LogP contribution < -0.4 is 10.6 Å². The fourth-order valence-corrected chi connectivity index (χ4v) is 3.61. The lowest BCUT2D eigenvalue weighted by molar-refractivity contribution is -0.128. The Labute approximate surface area is 120 Å². The number of rotatable bonds is 2. The molecule has 1 amide bonds. The van der Waals surface area contributed by atoms with Crippen molar-refractivity contribution in [1.29, 1.82) is 0 Å². The number of hydrogen-bond acceptors (Lipinski definition) is 3. The second-order valence-corrected chi connectivity index (χ2v) is 5.91. The molecule has 0 saturated carbocycles. The largest absolute Gasteiger partial charge is 0.374 e. The van der Waals surface area contributed by atoms with Gasteiger partial charge in [-0.15, -0.1) is 0 Å². The maximum atomic E-state index is 12.0. The monoisotopic (exact) mass is 273 g/mol. The van der Waals surface area contributed by atoms with Crippen molar-refractivity contribution in [3.8, 4) is 0 Å². The van der Waals surface area contributed by atoms with Crippen LogP contribution in [0.5, 0.6) is 0 Å². The average molecular weight is 273 g/mol. The smallest absolute Gasteiger partial charge is 0.224 e. The molecule has 20 heavy (non-hydrogen) atoms. The highest BCUT2D eigenvalue weighted by Gasteiger charge is 2.37. The summed E-state index contributed by atoms with van der Waals surface area (Å²) < 4.78 is 0. The van der Waals surface area contributed by atoms with E-state index in [9.17, 15) is 4.79 Å². The molecular formula is C16H23N3O. The summed E-state index contributed by atoms with van der Waals surface area (Å²) in [5.41, 5.74) is 10.1. The van der Waals surface area contributed by atoms with Gasteiger partial charge in [0.2, 0.25) is 5.91 Å². The highest BCUT2D eigenvalue weighted by molar-refractivity contribution is 5.80. The third kappa shape index (κ3) is 2.08. The fraction of sp³-hybridized carbons (Fsp3) is 0.562. The molecule has 4 heteroatoms. The maximum absolute atomic E-state index is 12.0. The van der Waals surface area contributed by atoms with Crippen molar-refractivity contribution in [3.05, 3.63) is 29.3 Å². The number of nitrogens with zero attached hydrogens (tertiary/aromatic N) is 2. The lowest BCUT2D eigenvalue weighted by Gasteiger charge is -2.31. The molecule has 2 aliphatic heterocycles. The van der Waals surface area contributed by atoms with Gasteiger partial charge in [-0.2, -0.15) is 0 Å². The Kier molecular flexibility index (Phi) is 3.42. The number of likely N-dealkylation sites (N-methyl/N-ethyl adjacent to an activating group) is 1. The highest BCUT2D eigenvalue weighted by atomic mass is 16.2. The van der Waals surface area contributed by atoms with Crippen molar-refractivity contribution in [1.82, 2.24) is 4.90 Å². The Morgan fingerprint density at radius 1 is 1.40 bits per heavy atom. The molecular weight excluding hydrogens is 250 g/mol. The second kappa shape index (κ2) is 5.09. The quantitative estimate of drug-likeness (QED) is 0.892. The molecule has 0 aliphatic carbocycles. The van der Waals surface area contributed by atoms with Gasteiger partial charge in [0.05, 0.1) is 6.04 Å². The van der Waals surface area contributed by atoms with Crippen LogP contribution in [0.15, 0.2) is 18.2 Å². The summed E-state index contributed by atoms with van der Waals surface area (Å²) in [6.45, 7) is 3.87. The van der Waals surface area contributed by atoms with Crippen LogP contribution >= 0.6 is 0 Å². The zero-order valence-corrected chi connectivity index (χ0v) is 12.3. The van der Waals surface area contributed by atoms with Gasteiger partial charge in [0, 0.05) is 38.3 Å². The van der Waals surface area contributed by atoms with Gasteiger partial charge in [-0.25, -0.2) is 0 Å². The zero-order chi connectivity index (χ0) is 14.3. The fourth-order valence-electron chi connectivity index (χ4n) is 3.61. The van der Waals surface area contributed by atoms with Gasteiger partial charge >= 0.3 is 0 Å². The minimum atomic E-state index is -0.0816. The van der Waals surface area contributed by atoms with E-state index in [1.165, 1.54) is 23.2 Å². The van der Waals surface area contributed by atoms with Crippen molar-refractivity contribution in [2.45, 2.75) is 38.3 Å². The van der Waals surface area contributed by atoms with Crippen LogP contribution in [-0.4, -0.2) is 37.0 Å². The van der Waals surface area contributed by atoms with Crippen LogP contribution in [0.25, 0.3) is 0 Å². The molecule has 3 rings (SSSR count). The first-order valence-electron chi connectivity index (χ1n) is 7.51. The average Bonchev–Trinajstić information content (AvgIpc) is 2.72. The Morgan fingerprint density at radius 2 is 2.20 bits per heavy atom. The molecule has 0 radical (unpaired) electrons. The van der Waals surface area contributed by atoms with Gasteiger partial charge in [-0.05, 0) is 37.0 Å². The Morgan fingerprint density at radius 3 is 2.95 bits per heavy atom. The maximum Gasteiger partial charge on any atom is 0.224 e. The van der Waals surface area contributed by atoms with Crippen molar-refractivity contribution in [2.24, 2.45) is 5.73 Å². The van der Waals surface area contributed by atoms with E-state index in [4.69, 9.17) is 5.73 Å². The van der Waals surface area contributed by atoms with E-state index in [0.717, 1.165) is 19.5 Å². The second-order valence-electron chi connectivity index (χ2n) is 5.91. The Balaban J connectivity index is 1.96. The minimum Gasteiger partial charge on any atom is -0.374 e. The topological polar surface area (TPSA) is 49.6 Å². The van der Waals surface area contributed by atoms with Gasteiger partial charge < -0.3 is 15.5 Å². The molecule has 1 aromatic carbocycles. The lowest BCUT2D eigenvalue weighted by atomic mass is 9.94. The van der Waals surface area contributed by atoms with Crippen molar-refractivity contribution < 1.29 is 4.79 Å². The molecule has 2 aliphatic rings. The standard InChI is InChI=1S/C16H23N3O/c1-3-19-15(20)10-13(17)16(19)12-6-7-14-11(9-12)5-4-8-18(14)2/h6-7,9,13,16H,3-5,8,10,17H2,1-2H3. The molecule has 0 spiro atoms. The number of aryl methyl sites for hydroxylation is 1. The molecule has 108 valence electrons. The number of carbonyl (C=O) groups is 1. The summed E-state index contributed by atoms with van der Waals surface area (Å²) >= 11 is 0. The van der Waals surface area contributed by atoms with E-state index in [1.807, 2.05) is 11.8 Å². The molecule has 0 bridgehead atoms. The number of benzene rings is 1. The Hall–Kier alpha value is -1.55. The molecule has 0 aromatic heterocycles. The van der Waals surface area contributed by atoms with E-state index in [2.05, 4.69) is 30.1 Å². The van der Waals surface area contributed by atoms with E-state index >= 15 is 0 Å². The number of carbonyl (C=O) groups excluding carboxylic acids is 1.